The summed E-state index contributed by atoms with van der Waals surface area (Å²) in [5, 5.41) is 0. The van der Waals surface area contributed by atoms with Gasteiger partial charge in [0.05, 0.1) is 14.2 Å². The van der Waals surface area contributed by atoms with Gasteiger partial charge >= 0.3 is 11.9 Å². The number of hydrogen-bond acceptors (Lipinski definition) is 6. The summed E-state index contributed by atoms with van der Waals surface area (Å²) in [5.41, 5.74) is 1.82. The standard InChI is InChI=1S/C21H22O6/c1-4-15-6-5-7-17(12-15)26-14-21(23)27-18-10-8-16(13-19(18)24-2)9-11-20(22)25-3/h5-13H,4,14H2,1-3H3/b11-9+. The highest BCUT2D eigenvalue weighted by atomic mass is 16.6. The average Bonchev–Trinajstić information content (AvgIpc) is 2.71. The highest BCUT2D eigenvalue weighted by Gasteiger charge is 2.11. The summed E-state index contributed by atoms with van der Waals surface area (Å²) >= 11 is 0. The van der Waals surface area contributed by atoms with Gasteiger partial charge in [-0.1, -0.05) is 25.1 Å². The Morgan fingerprint density at radius 3 is 2.56 bits per heavy atom. The molecule has 0 N–H and O–H groups in total. The van der Waals surface area contributed by atoms with E-state index in [2.05, 4.69) is 4.74 Å². The molecule has 6 heteroatoms. The molecule has 0 fully saturated rings. The molecule has 0 spiro atoms. The van der Waals surface area contributed by atoms with Crippen LogP contribution in [0, 0.1) is 0 Å². The molecular weight excluding hydrogens is 348 g/mol. The lowest BCUT2D eigenvalue weighted by Crippen LogP contribution is -2.18. The van der Waals surface area contributed by atoms with Crippen molar-refractivity contribution in [2.45, 2.75) is 13.3 Å². The summed E-state index contributed by atoms with van der Waals surface area (Å²) in [6.45, 7) is 1.82. The molecule has 0 saturated carbocycles. The first-order valence-electron chi connectivity index (χ1n) is 8.42. The molecule has 2 aromatic rings. The fourth-order valence-corrected chi connectivity index (χ4v) is 2.25. The summed E-state index contributed by atoms with van der Waals surface area (Å²) < 4.78 is 20.6. The molecule has 0 unspecified atom stereocenters. The van der Waals surface area contributed by atoms with Crippen LogP contribution >= 0.6 is 0 Å². The van der Waals surface area contributed by atoms with Crippen molar-refractivity contribution in [3.05, 3.63) is 59.7 Å². The van der Waals surface area contributed by atoms with Crippen molar-refractivity contribution in [1.82, 2.24) is 0 Å². The number of rotatable bonds is 8. The Hall–Kier alpha value is -3.28. The molecule has 0 aliphatic heterocycles. The molecule has 6 nitrogen and oxygen atoms in total. The zero-order valence-electron chi connectivity index (χ0n) is 15.6. The van der Waals surface area contributed by atoms with Gasteiger partial charge in [-0.25, -0.2) is 9.59 Å². The largest absolute Gasteiger partial charge is 0.493 e. The van der Waals surface area contributed by atoms with Gasteiger partial charge in [-0.15, -0.1) is 0 Å². The van der Waals surface area contributed by atoms with E-state index in [0.29, 0.717) is 17.1 Å². The van der Waals surface area contributed by atoms with Gasteiger partial charge in [0.1, 0.15) is 5.75 Å². The minimum Gasteiger partial charge on any atom is -0.493 e. The number of methoxy groups -OCH3 is 2. The lowest BCUT2D eigenvalue weighted by Gasteiger charge is -2.11. The van der Waals surface area contributed by atoms with Gasteiger partial charge in [-0.3, -0.25) is 0 Å². The Morgan fingerprint density at radius 1 is 1.04 bits per heavy atom. The zero-order valence-corrected chi connectivity index (χ0v) is 15.6. The fourth-order valence-electron chi connectivity index (χ4n) is 2.25. The molecule has 0 saturated heterocycles. The summed E-state index contributed by atoms with van der Waals surface area (Å²) in [4.78, 5) is 23.2. The number of carbonyl (C=O) groups is 2. The molecule has 0 heterocycles. The number of carbonyl (C=O) groups excluding carboxylic acids is 2. The first-order chi connectivity index (χ1) is 13.0. The van der Waals surface area contributed by atoms with E-state index in [9.17, 15) is 9.59 Å². The summed E-state index contributed by atoms with van der Waals surface area (Å²) in [7, 11) is 2.77. The van der Waals surface area contributed by atoms with E-state index in [1.165, 1.54) is 20.3 Å². The van der Waals surface area contributed by atoms with Gasteiger partial charge in [-0.2, -0.15) is 0 Å². The van der Waals surface area contributed by atoms with Crippen molar-refractivity contribution in [1.29, 1.82) is 0 Å². The van der Waals surface area contributed by atoms with Gasteiger partial charge in [0, 0.05) is 6.08 Å². The maximum absolute atomic E-state index is 12.1. The molecule has 0 aliphatic carbocycles. The molecular formula is C21H22O6. The molecule has 2 aromatic carbocycles. The first kappa shape index (κ1) is 20.0. The van der Waals surface area contributed by atoms with Crippen LogP contribution in [0.25, 0.3) is 6.08 Å². The van der Waals surface area contributed by atoms with Crippen molar-refractivity contribution in [2.75, 3.05) is 20.8 Å². The van der Waals surface area contributed by atoms with E-state index >= 15 is 0 Å². The smallest absolute Gasteiger partial charge is 0.349 e. The maximum Gasteiger partial charge on any atom is 0.349 e. The molecule has 0 radical (unpaired) electrons. The van der Waals surface area contributed by atoms with Gasteiger partial charge < -0.3 is 18.9 Å². The van der Waals surface area contributed by atoms with Gasteiger partial charge in [0.25, 0.3) is 0 Å². The number of benzene rings is 2. The summed E-state index contributed by atoms with van der Waals surface area (Å²) in [6, 6.07) is 12.5. The minimum atomic E-state index is -0.548. The Bertz CT molecular complexity index is 825. The first-order valence-corrected chi connectivity index (χ1v) is 8.42. The van der Waals surface area contributed by atoms with Crippen LogP contribution in [0.3, 0.4) is 0 Å². The second kappa shape index (κ2) is 10.0. The van der Waals surface area contributed by atoms with Crippen LogP contribution in [-0.4, -0.2) is 32.8 Å². The van der Waals surface area contributed by atoms with E-state index in [0.717, 1.165) is 12.0 Å². The van der Waals surface area contributed by atoms with Crippen LogP contribution in [0.5, 0.6) is 17.2 Å². The molecule has 0 aromatic heterocycles. The third kappa shape index (κ3) is 6.18. The second-order valence-corrected chi connectivity index (χ2v) is 5.53. The third-order valence-electron chi connectivity index (χ3n) is 3.69. The van der Waals surface area contributed by atoms with Crippen molar-refractivity contribution in [3.63, 3.8) is 0 Å². The van der Waals surface area contributed by atoms with E-state index in [4.69, 9.17) is 14.2 Å². The Labute approximate surface area is 158 Å². The minimum absolute atomic E-state index is 0.222. The quantitative estimate of drug-likeness (QED) is 0.403. The van der Waals surface area contributed by atoms with Crippen LogP contribution < -0.4 is 14.2 Å². The Kier molecular flexibility index (Phi) is 7.43. The Morgan fingerprint density at radius 2 is 1.85 bits per heavy atom. The number of hydrogen-bond donors (Lipinski definition) is 0. The maximum atomic E-state index is 12.1. The normalized spacial score (nSPS) is 10.5. The van der Waals surface area contributed by atoms with E-state index < -0.39 is 11.9 Å². The van der Waals surface area contributed by atoms with Crippen LogP contribution in [0.2, 0.25) is 0 Å². The lowest BCUT2D eigenvalue weighted by atomic mass is 10.2. The van der Waals surface area contributed by atoms with Crippen molar-refractivity contribution in [2.24, 2.45) is 0 Å². The predicted molar refractivity (Wildman–Crippen MR) is 101 cm³/mol. The van der Waals surface area contributed by atoms with E-state index in [1.807, 2.05) is 25.1 Å². The summed E-state index contributed by atoms with van der Waals surface area (Å²) in [6.07, 6.45) is 3.75. The molecule has 0 atom stereocenters. The van der Waals surface area contributed by atoms with Crippen LogP contribution in [0.1, 0.15) is 18.1 Å². The molecule has 2 rings (SSSR count). The lowest BCUT2D eigenvalue weighted by molar-refractivity contribution is -0.137. The zero-order chi connectivity index (χ0) is 19.6. The van der Waals surface area contributed by atoms with Crippen LogP contribution in [0.4, 0.5) is 0 Å². The van der Waals surface area contributed by atoms with Crippen molar-refractivity contribution >= 4 is 18.0 Å². The number of ether oxygens (including phenoxy) is 4. The third-order valence-corrected chi connectivity index (χ3v) is 3.69. The summed E-state index contributed by atoms with van der Waals surface area (Å²) in [5.74, 6) is 0.232. The number of aryl methyl sites for hydroxylation is 1. The predicted octanol–water partition coefficient (Wildman–Crippen LogP) is 3.43. The van der Waals surface area contributed by atoms with E-state index in [-0.39, 0.29) is 12.4 Å². The van der Waals surface area contributed by atoms with Gasteiger partial charge in [0.2, 0.25) is 0 Å². The van der Waals surface area contributed by atoms with Gasteiger partial charge in [-0.05, 0) is 47.9 Å². The topological polar surface area (TPSA) is 71.1 Å². The highest BCUT2D eigenvalue weighted by Crippen LogP contribution is 2.28. The highest BCUT2D eigenvalue weighted by molar-refractivity contribution is 5.87. The fraction of sp³-hybridized carbons (Fsp3) is 0.238. The second-order valence-electron chi connectivity index (χ2n) is 5.53. The van der Waals surface area contributed by atoms with Crippen LogP contribution in [-0.2, 0) is 20.7 Å². The van der Waals surface area contributed by atoms with Gasteiger partial charge in [0.15, 0.2) is 18.1 Å². The molecule has 27 heavy (non-hydrogen) atoms. The Balaban J connectivity index is 1.99. The molecule has 0 bridgehead atoms. The van der Waals surface area contributed by atoms with Crippen molar-refractivity contribution in [3.8, 4) is 17.2 Å². The van der Waals surface area contributed by atoms with E-state index in [1.54, 1.807) is 30.3 Å². The molecule has 142 valence electrons. The SMILES string of the molecule is CCc1cccc(OCC(=O)Oc2ccc(/C=C/C(=O)OC)cc2OC)c1. The number of esters is 2. The van der Waals surface area contributed by atoms with Crippen LogP contribution in [0.15, 0.2) is 48.5 Å². The monoisotopic (exact) mass is 370 g/mol. The van der Waals surface area contributed by atoms with Crippen molar-refractivity contribution < 1.29 is 28.5 Å². The average molecular weight is 370 g/mol. The molecule has 0 aliphatic rings. The molecule has 0 amide bonds.